The van der Waals surface area contributed by atoms with E-state index in [0.29, 0.717) is 0 Å². The standard InChI is InChI=1S/C8H9N3O3/c1-11(10-8(13)14)7(12)6-4-2-3-5-9-6/h2-5,10H,1H3,(H,13,14). The van der Waals surface area contributed by atoms with Crippen LogP contribution in [0.4, 0.5) is 4.79 Å². The molecular weight excluding hydrogens is 186 g/mol. The second kappa shape index (κ2) is 4.22. The smallest absolute Gasteiger partial charge is 0.423 e. The summed E-state index contributed by atoms with van der Waals surface area (Å²) in [6.07, 6.45) is 0.166. The Labute approximate surface area is 80.1 Å². The zero-order valence-corrected chi connectivity index (χ0v) is 7.47. The summed E-state index contributed by atoms with van der Waals surface area (Å²) in [7, 11) is 1.31. The summed E-state index contributed by atoms with van der Waals surface area (Å²) in [5, 5.41) is 9.21. The van der Waals surface area contributed by atoms with Crippen LogP contribution in [0.1, 0.15) is 10.5 Å². The van der Waals surface area contributed by atoms with Gasteiger partial charge in [0, 0.05) is 13.2 Å². The first kappa shape index (κ1) is 9.97. The lowest BCUT2D eigenvalue weighted by atomic mass is 10.3. The van der Waals surface area contributed by atoms with Gasteiger partial charge in [-0.2, -0.15) is 0 Å². The normalized spacial score (nSPS) is 9.21. The third-order valence-corrected chi connectivity index (χ3v) is 1.45. The Hall–Kier alpha value is -2.11. The molecule has 2 amide bonds. The van der Waals surface area contributed by atoms with Gasteiger partial charge in [-0.15, -0.1) is 0 Å². The third-order valence-electron chi connectivity index (χ3n) is 1.45. The molecule has 2 N–H and O–H groups in total. The fourth-order valence-corrected chi connectivity index (χ4v) is 0.855. The van der Waals surface area contributed by atoms with Crippen molar-refractivity contribution in [3.05, 3.63) is 30.1 Å². The first-order valence-corrected chi connectivity index (χ1v) is 3.80. The molecule has 0 bridgehead atoms. The molecule has 0 aromatic carbocycles. The van der Waals surface area contributed by atoms with E-state index in [9.17, 15) is 9.59 Å². The molecule has 0 aliphatic rings. The largest absolute Gasteiger partial charge is 0.464 e. The van der Waals surface area contributed by atoms with Crippen molar-refractivity contribution >= 4 is 12.0 Å². The average Bonchev–Trinajstić information content (AvgIpc) is 2.17. The van der Waals surface area contributed by atoms with E-state index in [-0.39, 0.29) is 5.69 Å². The van der Waals surface area contributed by atoms with Gasteiger partial charge in [0.1, 0.15) is 5.69 Å². The first-order chi connectivity index (χ1) is 6.61. The summed E-state index contributed by atoms with van der Waals surface area (Å²) < 4.78 is 0. The maximum absolute atomic E-state index is 11.4. The summed E-state index contributed by atoms with van der Waals surface area (Å²) in [5.41, 5.74) is 2.09. The Bertz CT molecular complexity index is 339. The summed E-state index contributed by atoms with van der Waals surface area (Å²) in [4.78, 5) is 25.4. The Morgan fingerprint density at radius 3 is 2.71 bits per heavy atom. The Morgan fingerprint density at radius 1 is 1.50 bits per heavy atom. The maximum atomic E-state index is 11.4. The van der Waals surface area contributed by atoms with E-state index in [0.717, 1.165) is 5.01 Å². The van der Waals surface area contributed by atoms with Crippen LogP contribution in [0.5, 0.6) is 0 Å². The number of rotatable bonds is 1. The van der Waals surface area contributed by atoms with Gasteiger partial charge in [-0.1, -0.05) is 6.07 Å². The number of aromatic nitrogens is 1. The van der Waals surface area contributed by atoms with Gasteiger partial charge in [-0.25, -0.2) is 15.2 Å². The molecule has 0 aliphatic carbocycles. The van der Waals surface area contributed by atoms with Gasteiger partial charge < -0.3 is 5.11 Å². The number of carboxylic acid groups (broad SMARTS) is 1. The number of amides is 2. The van der Waals surface area contributed by atoms with Crippen LogP contribution in [0.25, 0.3) is 0 Å². The van der Waals surface area contributed by atoms with E-state index in [1.54, 1.807) is 12.1 Å². The molecule has 6 heteroatoms. The van der Waals surface area contributed by atoms with Crippen LogP contribution < -0.4 is 5.43 Å². The van der Waals surface area contributed by atoms with Crippen LogP contribution in [0.2, 0.25) is 0 Å². The Morgan fingerprint density at radius 2 is 2.21 bits per heavy atom. The van der Waals surface area contributed by atoms with Crippen LogP contribution in [-0.2, 0) is 0 Å². The second-order valence-corrected chi connectivity index (χ2v) is 2.50. The van der Waals surface area contributed by atoms with Crippen molar-refractivity contribution in [1.82, 2.24) is 15.4 Å². The predicted octanol–water partition coefficient (Wildman–Crippen LogP) is 0.336. The van der Waals surface area contributed by atoms with Gasteiger partial charge in [0.2, 0.25) is 0 Å². The highest BCUT2D eigenvalue weighted by atomic mass is 16.4. The first-order valence-electron chi connectivity index (χ1n) is 3.80. The number of carbonyl (C=O) groups is 2. The lowest BCUT2D eigenvalue weighted by Gasteiger charge is -2.14. The molecule has 0 atom stereocenters. The molecule has 74 valence electrons. The molecule has 1 aromatic heterocycles. The molecule has 1 heterocycles. The number of nitrogens with one attached hydrogen (secondary N) is 1. The molecule has 1 aromatic rings. The van der Waals surface area contributed by atoms with Crippen LogP contribution in [0, 0.1) is 0 Å². The van der Waals surface area contributed by atoms with Gasteiger partial charge in [0.15, 0.2) is 0 Å². The number of pyridine rings is 1. The zero-order valence-electron chi connectivity index (χ0n) is 7.47. The monoisotopic (exact) mass is 195 g/mol. The van der Waals surface area contributed by atoms with Gasteiger partial charge >= 0.3 is 6.09 Å². The highest BCUT2D eigenvalue weighted by Crippen LogP contribution is 1.96. The van der Waals surface area contributed by atoms with Crippen molar-refractivity contribution < 1.29 is 14.7 Å². The molecule has 1 rings (SSSR count). The number of carbonyl (C=O) groups excluding carboxylic acids is 1. The van der Waals surface area contributed by atoms with Gasteiger partial charge in [-0.05, 0) is 12.1 Å². The molecular formula is C8H9N3O3. The van der Waals surface area contributed by atoms with Crippen molar-refractivity contribution in [2.75, 3.05) is 7.05 Å². The Balaban J connectivity index is 2.71. The maximum Gasteiger partial charge on any atom is 0.423 e. The summed E-state index contributed by atoms with van der Waals surface area (Å²) in [5.74, 6) is -0.506. The number of nitrogens with zero attached hydrogens (tertiary/aromatic N) is 2. The fraction of sp³-hybridized carbons (Fsp3) is 0.125. The van der Waals surface area contributed by atoms with Crippen molar-refractivity contribution in [3.63, 3.8) is 0 Å². The molecule has 0 saturated carbocycles. The van der Waals surface area contributed by atoms with Gasteiger partial charge in [-0.3, -0.25) is 9.78 Å². The molecule has 0 fully saturated rings. The molecule has 0 radical (unpaired) electrons. The molecule has 6 nitrogen and oxygen atoms in total. The fourth-order valence-electron chi connectivity index (χ4n) is 0.855. The lowest BCUT2D eigenvalue weighted by Crippen LogP contribution is -2.42. The molecule has 0 aliphatic heterocycles. The van der Waals surface area contributed by atoms with Crippen LogP contribution in [0.3, 0.4) is 0 Å². The van der Waals surface area contributed by atoms with Crippen LogP contribution >= 0.6 is 0 Å². The second-order valence-electron chi connectivity index (χ2n) is 2.50. The van der Waals surface area contributed by atoms with E-state index >= 15 is 0 Å². The minimum Gasteiger partial charge on any atom is -0.464 e. The minimum atomic E-state index is -1.29. The summed E-state index contributed by atoms with van der Waals surface area (Å²) in [6, 6.07) is 4.82. The third kappa shape index (κ3) is 2.44. The number of hydrogen-bond donors (Lipinski definition) is 2. The van der Waals surface area contributed by atoms with E-state index in [1.165, 1.54) is 19.3 Å². The molecule has 0 saturated heterocycles. The van der Waals surface area contributed by atoms with Gasteiger partial charge in [0.05, 0.1) is 0 Å². The van der Waals surface area contributed by atoms with Crippen LogP contribution in [0.15, 0.2) is 24.4 Å². The van der Waals surface area contributed by atoms with E-state index in [1.807, 2.05) is 5.43 Å². The zero-order chi connectivity index (χ0) is 10.6. The van der Waals surface area contributed by atoms with Gasteiger partial charge in [0.25, 0.3) is 5.91 Å². The highest BCUT2D eigenvalue weighted by Gasteiger charge is 2.13. The predicted molar refractivity (Wildman–Crippen MR) is 47.5 cm³/mol. The number of hydrogen-bond acceptors (Lipinski definition) is 3. The van der Waals surface area contributed by atoms with Crippen molar-refractivity contribution in [3.8, 4) is 0 Å². The SMILES string of the molecule is CN(NC(=O)O)C(=O)c1ccccn1. The van der Waals surface area contributed by atoms with E-state index in [4.69, 9.17) is 5.11 Å². The van der Waals surface area contributed by atoms with E-state index in [2.05, 4.69) is 4.98 Å². The highest BCUT2D eigenvalue weighted by molar-refractivity contribution is 5.92. The van der Waals surface area contributed by atoms with Crippen molar-refractivity contribution in [1.29, 1.82) is 0 Å². The number of hydrazine groups is 1. The average molecular weight is 195 g/mol. The topological polar surface area (TPSA) is 82.5 Å². The van der Waals surface area contributed by atoms with Crippen LogP contribution in [-0.4, -0.2) is 34.1 Å². The summed E-state index contributed by atoms with van der Waals surface area (Å²) >= 11 is 0. The summed E-state index contributed by atoms with van der Waals surface area (Å²) in [6.45, 7) is 0. The minimum absolute atomic E-state index is 0.184. The molecule has 14 heavy (non-hydrogen) atoms. The van der Waals surface area contributed by atoms with E-state index < -0.39 is 12.0 Å². The molecule has 0 unspecified atom stereocenters. The lowest BCUT2D eigenvalue weighted by molar-refractivity contribution is 0.0700. The quantitative estimate of drug-likeness (QED) is 0.633. The van der Waals surface area contributed by atoms with Crippen molar-refractivity contribution in [2.24, 2.45) is 0 Å². The van der Waals surface area contributed by atoms with Crippen molar-refractivity contribution in [2.45, 2.75) is 0 Å². The Kier molecular flexibility index (Phi) is 3.01. The molecule has 0 spiro atoms.